The highest BCUT2D eigenvalue weighted by atomic mass is 127. The van der Waals surface area contributed by atoms with Gasteiger partial charge in [-0.05, 0) is 33.6 Å². The number of hydrogen-bond donors (Lipinski definition) is 2. The first kappa shape index (κ1) is 26.4. The zero-order valence-electron chi connectivity index (χ0n) is 18.3. The van der Waals surface area contributed by atoms with Gasteiger partial charge in [0, 0.05) is 20.6 Å². The summed E-state index contributed by atoms with van der Waals surface area (Å²) in [5.41, 5.74) is -0.528. The molecule has 10 heteroatoms. The van der Waals surface area contributed by atoms with E-state index in [1.807, 2.05) is 60.5 Å². The van der Waals surface area contributed by atoms with Crippen LogP contribution in [0.2, 0.25) is 0 Å². The van der Waals surface area contributed by atoms with Crippen molar-refractivity contribution in [2.75, 3.05) is 20.1 Å². The van der Waals surface area contributed by atoms with Crippen LogP contribution in [0.3, 0.4) is 0 Å². The summed E-state index contributed by atoms with van der Waals surface area (Å²) in [7, 11) is 3.81. The van der Waals surface area contributed by atoms with Gasteiger partial charge in [0.2, 0.25) is 0 Å². The van der Waals surface area contributed by atoms with E-state index < -0.39 is 11.7 Å². The number of halogens is 1. The molecule has 2 N–H and O–H groups in total. The quantitative estimate of drug-likeness (QED) is 0.333. The Balaban J connectivity index is 0.00000729. The zero-order chi connectivity index (χ0) is 20.6. The number of carbonyl (C=O) groups is 1. The largest absolute Gasteiger partial charge is 0.444 e. The van der Waals surface area contributed by atoms with Gasteiger partial charge in [-0.15, -0.1) is 24.0 Å². The molecule has 0 bridgehead atoms. The van der Waals surface area contributed by atoms with Gasteiger partial charge in [-0.2, -0.15) is 5.10 Å². The Morgan fingerprint density at radius 2 is 2.04 bits per heavy atom. The lowest BCUT2D eigenvalue weighted by molar-refractivity contribution is 0.0493. The molecular formula is C18H36IN7O2. The second kappa shape index (κ2) is 12.1. The second-order valence-corrected chi connectivity index (χ2v) is 7.85. The maximum atomic E-state index is 12.1. The Morgan fingerprint density at radius 3 is 2.50 bits per heavy atom. The van der Waals surface area contributed by atoms with Gasteiger partial charge in [0.15, 0.2) is 5.96 Å². The third-order valence-corrected chi connectivity index (χ3v) is 3.82. The number of rotatable bonds is 7. The first-order valence-electron chi connectivity index (χ1n) is 9.35. The number of ether oxygens (including phenoxy) is 1. The SMILES string of the molecule is CCNC(=NCC(NC(=O)OC(C)(C)C)C(C)C)N(C)Cc1ncnn1C.I. The minimum atomic E-state index is -0.528. The van der Waals surface area contributed by atoms with E-state index in [0.29, 0.717) is 13.1 Å². The van der Waals surface area contributed by atoms with E-state index in [1.54, 1.807) is 4.68 Å². The molecule has 0 aliphatic heterocycles. The Hall–Kier alpha value is -1.59. The Labute approximate surface area is 185 Å². The highest BCUT2D eigenvalue weighted by Crippen LogP contribution is 2.09. The van der Waals surface area contributed by atoms with E-state index in [4.69, 9.17) is 9.73 Å². The summed E-state index contributed by atoms with van der Waals surface area (Å²) < 4.78 is 7.10. The van der Waals surface area contributed by atoms with E-state index in [1.165, 1.54) is 6.33 Å². The van der Waals surface area contributed by atoms with Crippen molar-refractivity contribution in [3.63, 3.8) is 0 Å². The Kier molecular flexibility index (Phi) is 11.4. The smallest absolute Gasteiger partial charge is 0.407 e. The molecule has 0 radical (unpaired) electrons. The predicted octanol–water partition coefficient (Wildman–Crippen LogP) is 2.38. The maximum absolute atomic E-state index is 12.1. The van der Waals surface area contributed by atoms with Crippen LogP contribution in [0.15, 0.2) is 11.3 Å². The molecule has 0 saturated carbocycles. The number of carbonyl (C=O) groups excluding carboxylic acids is 1. The molecule has 1 amide bonds. The number of guanidine groups is 1. The maximum Gasteiger partial charge on any atom is 0.407 e. The van der Waals surface area contributed by atoms with Gasteiger partial charge in [0.05, 0.1) is 19.1 Å². The highest BCUT2D eigenvalue weighted by molar-refractivity contribution is 14.0. The van der Waals surface area contributed by atoms with Crippen LogP contribution in [0.1, 0.15) is 47.4 Å². The number of aliphatic imine (C=N–C) groups is 1. The lowest BCUT2D eigenvalue weighted by Gasteiger charge is -2.26. The fourth-order valence-corrected chi connectivity index (χ4v) is 2.29. The van der Waals surface area contributed by atoms with Crippen molar-refractivity contribution in [1.82, 2.24) is 30.3 Å². The van der Waals surface area contributed by atoms with Gasteiger partial charge in [0.1, 0.15) is 17.8 Å². The van der Waals surface area contributed by atoms with Crippen LogP contribution in [-0.2, 0) is 18.3 Å². The van der Waals surface area contributed by atoms with Gasteiger partial charge >= 0.3 is 6.09 Å². The van der Waals surface area contributed by atoms with Crippen molar-refractivity contribution in [3.8, 4) is 0 Å². The molecule has 1 heterocycles. The summed E-state index contributed by atoms with van der Waals surface area (Å²) in [6.07, 6.45) is 1.11. The minimum absolute atomic E-state index is 0. The van der Waals surface area contributed by atoms with Crippen LogP contribution in [0, 0.1) is 5.92 Å². The summed E-state index contributed by atoms with van der Waals surface area (Å²) in [5, 5.41) is 10.3. The van der Waals surface area contributed by atoms with Gasteiger partial charge in [-0.1, -0.05) is 13.8 Å². The molecule has 0 fully saturated rings. The van der Waals surface area contributed by atoms with Gasteiger partial charge in [-0.3, -0.25) is 9.67 Å². The molecule has 0 saturated heterocycles. The van der Waals surface area contributed by atoms with Crippen molar-refractivity contribution < 1.29 is 9.53 Å². The fraction of sp³-hybridized carbons (Fsp3) is 0.778. The van der Waals surface area contributed by atoms with E-state index in [2.05, 4.69) is 20.7 Å². The van der Waals surface area contributed by atoms with Crippen LogP contribution in [0.25, 0.3) is 0 Å². The van der Waals surface area contributed by atoms with Crippen LogP contribution in [0.4, 0.5) is 4.79 Å². The number of amides is 1. The number of nitrogens with one attached hydrogen (secondary N) is 2. The molecule has 1 unspecified atom stereocenters. The number of hydrogen-bond acceptors (Lipinski definition) is 5. The van der Waals surface area contributed by atoms with Gasteiger partial charge < -0.3 is 20.3 Å². The third-order valence-electron chi connectivity index (χ3n) is 3.82. The molecule has 9 nitrogen and oxygen atoms in total. The average molecular weight is 509 g/mol. The molecule has 1 aromatic rings. The average Bonchev–Trinajstić information content (AvgIpc) is 2.92. The lowest BCUT2D eigenvalue weighted by atomic mass is 10.1. The molecule has 1 rings (SSSR count). The van der Waals surface area contributed by atoms with E-state index in [9.17, 15) is 4.79 Å². The fourth-order valence-electron chi connectivity index (χ4n) is 2.29. The van der Waals surface area contributed by atoms with Crippen LogP contribution >= 0.6 is 24.0 Å². The summed E-state index contributed by atoms with van der Waals surface area (Å²) in [6.45, 7) is 13.4. The third kappa shape index (κ3) is 9.56. The van der Waals surface area contributed by atoms with Gasteiger partial charge in [-0.25, -0.2) is 9.78 Å². The van der Waals surface area contributed by atoms with Crippen LogP contribution in [-0.4, -0.2) is 63.5 Å². The highest BCUT2D eigenvalue weighted by Gasteiger charge is 2.21. The van der Waals surface area contributed by atoms with Crippen LogP contribution < -0.4 is 10.6 Å². The topological polar surface area (TPSA) is 96.7 Å². The first-order chi connectivity index (χ1) is 12.5. The molecule has 0 spiro atoms. The zero-order valence-corrected chi connectivity index (χ0v) is 20.6. The molecule has 1 atom stereocenters. The summed E-state index contributed by atoms with van der Waals surface area (Å²) >= 11 is 0. The molecule has 0 aliphatic rings. The number of alkyl carbamates (subject to hydrolysis) is 1. The normalized spacial score (nSPS) is 13.0. The molecule has 0 aliphatic carbocycles. The van der Waals surface area contributed by atoms with E-state index in [0.717, 1.165) is 18.3 Å². The van der Waals surface area contributed by atoms with Crippen molar-refractivity contribution in [2.24, 2.45) is 18.0 Å². The predicted molar refractivity (Wildman–Crippen MR) is 122 cm³/mol. The van der Waals surface area contributed by atoms with E-state index >= 15 is 0 Å². The number of nitrogens with zero attached hydrogens (tertiary/aromatic N) is 5. The van der Waals surface area contributed by atoms with Gasteiger partial charge in [0.25, 0.3) is 0 Å². The monoisotopic (exact) mass is 509 g/mol. The van der Waals surface area contributed by atoms with Crippen LogP contribution in [0.5, 0.6) is 0 Å². The minimum Gasteiger partial charge on any atom is -0.444 e. The second-order valence-electron chi connectivity index (χ2n) is 7.85. The van der Waals surface area contributed by atoms with Crippen molar-refractivity contribution in [3.05, 3.63) is 12.2 Å². The molecule has 162 valence electrons. The lowest BCUT2D eigenvalue weighted by Crippen LogP contribution is -2.45. The molecule has 1 aromatic heterocycles. The number of aryl methyl sites for hydroxylation is 1. The molecular weight excluding hydrogens is 473 g/mol. The van der Waals surface area contributed by atoms with Crippen molar-refractivity contribution >= 4 is 36.0 Å². The van der Waals surface area contributed by atoms with Crippen molar-refractivity contribution in [2.45, 2.75) is 59.7 Å². The van der Waals surface area contributed by atoms with E-state index in [-0.39, 0.29) is 35.9 Å². The van der Waals surface area contributed by atoms with Crippen molar-refractivity contribution in [1.29, 1.82) is 0 Å². The first-order valence-corrected chi connectivity index (χ1v) is 9.35. The standard InChI is InChI=1S/C18H35N7O2.HI/c1-9-19-16(24(7)11-15-21-12-22-25(15)8)20-10-14(13(2)3)23-17(26)27-18(4,5)6;/h12-14H,9-11H2,1-8H3,(H,19,20)(H,23,26);1H. The summed E-state index contributed by atoms with van der Waals surface area (Å²) in [6, 6.07) is -0.128. The Morgan fingerprint density at radius 1 is 1.39 bits per heavy atom. The molecule has 28 heavy (non-hydrogen) atoms. The molecule has 0 aromatic carbocycles. The number of aromatic nitrogens is 3. The summed E-state index contributed by atoms with van der Waals surface area (Å²) in [4.78, 5) is 23.0. The summed E-state index contributed by atoms with van der Waals surface area (Å²) in [5.74, 6) is 1.81. The Bertz CT molecular complexity index is 626.